The highest BCUT2D eigenvalue weighted by atomic mass is 14.7. The van der Waals surface area contributed by atoms with Gasteiger partial charge in [-0.05, 0) is 47.6 Å². The van der Waals surface area contributed by atoms with Crippen LogP contribution in [0.1, 0.15) is 24.1 Å². The van der Waals surface area contributed by atoms with Gasteiger partial charge in [0.05, 0.1) is 5.69 Å². The van der Waals surface area contributed by atoms with Crippen molar-refractivity contribution in [2.45, 2.75) is 19.3 Å². The van der Waals surface area contributed by atoms with E-state index in [9.17, 15) is 0 Å². The highest BCUT2D eigenvalue weighted by Gasteiger charge is 2.42. The fraction of sp³-hybridized carbons (Fsp3) is 0.250. The number of hydrogen-bond acceptors (Lipinski definition) is 1. The van der Waals surface area contributed by atoms with Crippen LogP contribution in [0.2, 0.25) is 0 Å². The number of fused-ring (bicyclic) bond motifs is 4. The Morgan fingerprint density at radius 2 is 2.08 bits per heavy atom. The van der Waals surface area contributed by atoms with Gasteiger partial charge in [0.1, 0.15) is 0 Å². The van der Waals surface area contributed by atoms with Crippen LogP contribution >= 0.6 is 0 Å². The van der Waals surface area contributed by atoms with Crippen molar-refractivity contribution in [1.29, 1.82) is 0 Å². The summed E-state index contributed by atoms with van der Waals surface area (Å²) in [7, 11) is 0. The molecule has 0 N–H and O–H groups in total. The fourth-order valence-electron chi connectivity index (χ4n) is 2.62. The van der Waals surface area contributed by atoms with Crippen molar-refractivity contribution in [3.63, 3.8) is 0 Å². The normalized spacial score (nSPS) is 21.8. The second-order valence-electron chi connectivity index (χ2n) is 4.00. The molecule has 1 aromatic rings. The average Bonchev–Trinajstić information content (AvgIpc) is 2.85. The second-order valence-corrected chi connectivity index (χ2v) is 4.00. The Bertz CT molecular complexity index is 492. The maximum absolute atomic E-state index is 4.49. The van der Waals surface area contributed by atoms with E-state index in [1.54, 1.807) is 16.7 Å². The molecule has 0 bridgehead atoms. The first-order valence-electron chi connectivity index (χ1n) is 4.85. The molecular weight excluding hydrogens is 158 g/mol. The Labute approximate surface area is 76.8 Å². The number of hydrogen-bond donors (Lipinski definition) is 0. The summed E-state index contributed by atoms with van der Waals surface area (Å²) in [5.74, 6) is 0. The van der Waals surface area contributed by atoms with E-state index in [0.29, 0.717) is 0 Å². The van der Waals surface area contributed by atoms with Crippen molar-refractivity contribution < 1.29 is 0 Å². The average molecular weight is 167 g/mol. The van der Waals surface area contributed by atoms with Gasteiger partial charge in [-0.3, -0.25) is 4.98 Å². The van der Waals surface area contributed by atoms with Crippen LogP contribution in [0, 0.1) is 0 Å². The van der Waals surface area contributed by atoms with Gasteiger partial charge >= 0.3 is 0 Å². The molecule has 13 heavy (non-hydrogen) atoms. The Balaban J connectivity index is 2.03. The zero-order valence-corrected chi connectivity index (χ0v) is 7.30. The Hall–Kier alpha value is -1.37. The monoisotopic (exact) mass is 167 g/mol. The minimum absolute atomic E-state index is 1.19. The van der Waals surface area contributed by atoms with E-state index in [-0.39, 0.29) is 0 Å². The van der Waals surface area contributed by atoms with Crippen molar-refractivity contribution >= 4 is 5.57 Å². The highest BCUT2D eigenvalue weighted by molar-refractivity contribution is 6.00. The largest absolute Gasteiger partial charge is 0.256 e. The predicted octanol–water partition coefficient (Wildman–Crippen LogP) is 2.50. The maximum Gasteiger partial charge on any atom is 0.0739 e. The van der Waals surface area contributed by atoms with Gasteiger partial charge in [-0.1, -0.05) is 6.07 Å². The molecule has 0 radical (unpaired) electrons. The Morgan fingerprint density at radius 3 is 3.08 bits per heavy atom. The first-order chi connectivity index (χ1) is 6.45. The van der Waals surface area contributed by atoms with Gasteiger partial charge in [0, 0.05) is 11.8 Å². The minimum atomic E-state index is 1.19. The molecule has 3 aliphatic rings. The van der Waals surface area contributed by atoms with E-state index < -0.39 is 0 Å². The van der Waals surface area contributed by atoms with E-state index in [2.05, 4.69) is 11.1 Å². The molecule has 0 aromatic carbocycles. The maximum atomic E-state index is 4.49. The quantitative estimate of drug-likeness (QED) is 0.578. The van der Waals surface area contributed by atoms with Crippen LogP contribution in [0.25, 0.3) is 5.57 Å². The number of allylic oxidation sites excluding steroid dienone is 4. The lowest BCUT2D eigenvalue weighted by atomic mass is 9.82. The molecule has 1 heterocycles. The number of pyridine rings is 1. The smallest absolute Gasteiger partial charge is 0.0739 e. The summed E-state index contributed by atoms with van der Waals surface area (Å²) in [5.41, 5.74) is 9.12. The first kappa shape index (κ1) is 6.14. The summed E-state index contributed by atoms with van der Waals surface area (Å²) < 4.78 is 0. The van der Waals surface area contributed by atoms with Crippen molar-refractivity contribution in [2.24, 2.45) is 0 Å². The van der Waals surface area contributed by atoms with Crippen LogP contribution in [0.5, 0.6) is 0 Å². The molecule has 3 aliphatic carbocycles. The third-order valence-corrected chi connectivity index (χ3v) is 3.33. The van der Waals surface area contributed by atoms with Crippen LogP contribution in [0.15, 0.2) is 35.0 Å². The van der Waals surface area contributed by atoms with Gasteiger partial charge in [0.2, 0.25) is 0 Å². The van der Waals surface area contributed by atoms with Crippen molar-refractivity contribution in [2.75, 3.05) is 0 Å². The summed E-state index contributed by atoms with van der Waals surface area (Å²) >= 11 is 0. The molecule has 62 valence electrons. The summed E-state index contributed by atoms with van der Waals surface area (Å²) in [6.07, 6.45) is 5.63. The molecule has 1 saturated carbocycles. The molecule has 0 spiro atoms. The van der Waals surface area contributed by atoms with Gasteiger partial charge in [-0.25, -0.2) is 0 Å². The number of nitrogens with zero attached hydrogens (tertiary/aromatic N) is 1. The second kappa shape index (κ2) is 1.77. The van der Waals surface area contributed by atoms with E-state index in [0.717, 1.165) is 0 Å². The lowest BCUT2D eigenvalue weighted by Crippen LogP contribution is -2.10. The standard InChI is InChI=1S/C12H9N/c1-2-7-3-4-8-9-6-10(9)11(8)12(7)13-5-1/h1-2,5H,3-4,6H2. The zero-order valence-electron chi connectivity index (χ0n) is 7.30. The molecular formula is C12H9N. The topological polar surface area (TPSA) is 12.9 Å². The third kappa shape index (κ3) is 0.590. The molecule has 4 rings (SSSR count). The van der Waals surface area contributed by atoms with Gasteiger partial charge < -0.3 is 0 Å². The minimum Gasteiger partial charge on any atom is -0.256 e. The van der Waals surface area contributed by atoms with Crippen molar-refractivity contribution in [3.8, 4) is 0 Å². The predicted molar refractivity (Wildman–Crippen MR) is 51.1 cm³/mol. The van der Waals surface area contributed by atoms with E-state index >= 15 is 0 Å². The molecule has 0 amide bonds. The summed E-state index contributed by atoms with van der Waals surface area (Å²) in [6.45, 7) is 0. The molecule has 0 saturated heterocycles. The molecule has 1 nitrogen and oxygen atoms in total. The fourth-order valence-corrected chi connectivity index (χ4v) is 2.62. The Morgan fingerprint density at radius 1 is 1.08 bits per heavy atom. The summed E-state index contributed by atoms with van der Waals surface area (Å²) in [4.78, 5) is 4.49. The highest BCUT2D eigenvalue weighted by Crippen LogP contribution is 2.60. The van der Waals surface area contributed by atoms with Gasteiger partial charge in [-0.2, -0.15) is 0 Å². The Kier molecular flexibility index (Phi) is 0.834. The van der Waals surface area contributed by atoms with Gasteiger partial charge in [-0.15, -0.1) is 0 Å². The van der Waals surface area contributed by atoms with Crippen molar-refractivity contribution in [3.05, 3.63) is 46.3 Å². The van der Waals surface area contributed by atoms with Crippen LogP contribution < -0.4 is 0 Å². The summed E-state index contributed by atoms with van der Waals surface area (Å²) in [5, 5.41) is 0. The van der Waals surface area contributed by atoms with Crippen molar-refractivity contribution in [1.82, 2.24) is 4.98 Å². The van der Waals surface area contributed by atoms with Crippen LogP contribution in [-0.2, 0) is 6.42 Å². The van der Waals surface area contributed by atoms with E-state index in [1.807, 2.05) is 12.3 Å². The number of aryl methyl sites for hydroxylation is 1. The number of rotatable bonds is 0. The molecule has 1 heteroatoms. The van der Waals surface area contributed by atoms with Gasteiger partial charge in [0.15, 0.2) is 0 Å². The SMILES string of the molecule is c1cnc2c(c1)CCC1=C3CC3=C12. The first-order valence-corrected chi connectivity index (χ1v) is 4.85. The van der Waals surface area contributed by atoms with E-state index in [1.165, 1.54) is 36.1 Å². The molecule has 0 aliphatic heterocycles. The van der Waals surface area contributed by atoms with Crippen LogP contribution in [0.4, 0.5) is 0 Å². The van der Waals surface area contributed by atoms with E-state index in [4.69, 9.17) is 0 Å². The van der Waals surface area contributed by atoms with Crippen LogP contribution in [-0.4, -0.2) is 4.98 Å². The lowest BCUT2D eigenvalue weighted by molar-refractivity contribution is 0.909. The third-order valence-electron chi connectivity index (χ3n) is 3.33. The van der Waals surface area contributed by atoms with Gasteiger partial charge in [0.25, 0.3) is 0 Å². The lowest BCUT2D eigenvalue weighted by Gasteiger charge is -2.24. The number of aromatic nitrogens is 1. The summed E-state index contributed by atoms with van der Waals surface area (Å²) in [6, 6.07) is 4.26. The molecule has 0 unspecified atom stereocenters. The molecule has 0 atom stereocenters. The van der Waals surface area contributed by atoms with Crippen LogP contribution in [0.3, 0.4) is 0 Å². The zero-order chi connectivity index (χ0) is 8.41. The molecule has 1 fully saturated rings. The molecule has 1 aromatic heterocycles.